The first-order valence-electron chi connectivity index (χ1n) is 10.8. The molecule has 2 aromatic carbocycles. The number of anilines is 2. The summed E-state index contributed by atoms with van der Waals surface area (Å²) in [6.07, 6.45) is 4.32. The van der Waals surface area contributed by atoms with Crippen molar-refractivity contribution < 1.29 is 19.0 Å². The fourth-order valence-electron chi connectivity index (χ4n) is 4.53. The van der Waals surface area contributed by atoms with E-state index in [-0.39, 0.29) is 16.9 Å². The number of phenols is 1. The lowest BCUT2D eigenvalue weighted by Gasteiger charge is -2.29. The van der Waals surface area contributed by atoms with Crippen molar-refractivity contribution >= 4 is 28.3 Å². The lowest BCUT2D eigenvalue weighted by atomic mass is 9.92. The van der Waals surface area contributed by atoms with Gasteiger partial charge in [-0.15, -0.1) is 0 Å². The van der Waals surface area contributed by atoms with Crippen LogP contribution in [0.4, 0.5) is 15.9 Å². The molecule has 2 aliphatic heterocycles. The monoisotopic (exact) mass is 458 g/mol. The molecule has 4 aromatic rings. The van der Waals surface area contributed by atoms with Crippen LogP contribution in [0.3, 0.4) is 0 Å². The molecule has 0 spiro atoms. The number of aromatic nitrogens is 4. The van der Waals surface area contributed by atoms with Crippen molar-refractivity contribution in [2.24, 2.45) is 0 Å². The number of fused-ring (bicyclic) bond motifs is 2. The molecule has 0 saturated carbocycles. The van der Waals surface area contributed by atoms with Crippen molar-refractivity contribution in [3.05, 3.63) is 66.1 Å². The Morgan fingerprint density at radius 3 is 2.74 bits per heavy atom. The molecule has 10 heteroatoms. The minimum absolute atomic E-state index is 0.157. The molecule has 2 aromatic heterocycles. The van der Waals surface area contributed by atoms with E-state index < -0.39 is 17.6 Å². The number of phenolic OH excluding ortho intramolecular Hbond substituents is 1. The second kappa shape index (κ2) is 7.99. The average molecular weight is 458 g/mol. The van der Waals surface area contributed by atoms with Crippen LogP contribution < -0.4 is 10.2 Å². The standard InChI is InChI=1S/C24H19FN6O3/c25-17-11-19(32)16(20-22-23(30-24(20)33)27-4-3-26-22)10-15(17)21-14-2-1-13(9-18(14)28-12-29-21)31-5-7-34-8-6-31/h1-4,9-12,20,32H,5-8H2,(H,27,30,33). The number of nitrogens with zero attached hydrogens (tertiary/aromatic N) is 5. The fraction of sp³-hybridized carbons (Fsp3) is 0.208. The van der Waals surface area contributed by atoms with Gasteiger partial charge in [-0.2, -0.15) is 0 Å². The van der Waals surface area contributed by atoms with Crippen molar-refractivity contribution in [3.8, 4) is 17.0 Å². The van der Waals surface area contributed by atoms with E-state index in [1.807, 2.05) is 18.2 Å². The van der Waals surface area contributed by atoms with Crippen molar-refractivity contribution in [2.75, 3.05) is 36.5 Å². The average Bonchev–Trinajstić information content (AvgIpc) is 3.20. The highest BCUT2D eigenvalue weighted by Gasteiger charge is 2.36. The first kappa shape index (κ1) is 20.4. The van der Waals surface area contributed by atoms with Gasteiger partial charge < -0.3 is 20.1 Å². The number of morpholine rings is 1. The summed E-state index contributed by atoms with van der Waals surface area (Å²) in [6, 6.07) is 8.22. The number of benzene rings is 2. The van der Waals surface area contributed by atoms with Crippen LogP contribution in [0.25, 0.3) is 22.2 Å². The van der Waals surface area contributed by atoms with Gasteiger partial charge in [-0.25, -0.2) is 19.3 Å². The van der Waals surface area contributed by atoms with E-state index in [0.717, 1.165) is 24.8 Å². The van der Waals surface area contributed by atoms with E-state index in [1.54, 1.807) is 0 Å². The maximum absolute atomic E-state index is 15.1. The predicted octanol–water partition coefficient (Wildman–Crippen LogP) is 2.85. The maximum Gasteiger partial charge on any atom is 0.239 e. The summed E-state index contributed by atoms with van der Waals surface area (Å²) < 4.78 is 20.5. The Morgan fingerprint density at radius 2 is 1.88 bits per heavy atom. The topological polar surface area (TPSA) is 113 Å². The summed E-state index contributed by atoms with van der Waals surface area (Å²) in [7, 11) is 0. The lowest BCUT2D eigenvalue weighted by molar-refractivity contribution is -0.116. The van der Waals surface area contributed by atoms with Gasteiger partial charge in [0.1, 0.15) is 29.5 Å². The SMILES string of the molecule is O=C1Nc2nccnc2C1c1cc(-c2ncnc3cc(N4CCOCC4)ccc23)c(F)cc1O. The van der Waals surface area contributed by atoms with Gasteiger partial charge in [0, 0.05) is 53.8 Å². The summed E-state index contributed by atoms with van der Waals surface area (Å²) >= 11 is 0. The summed E-state index contributed by atoms with van der Waals surface area (Å²) in [5, 5.41) is 13.9. The van der Waals surface area contributed by atoms with Gasteiger partial charge >= 0.3 is 0 Å². The Bertz CT molecular complexity index is 1440. The van der Waals surface area contributed by atoms with Crippen molar-refractivity contribution in [1.29, 1.82) is 0 Å². The van der Waals surface area contributed by atoms with Gasteiger partial charge in [-0.1, -0.05) is 0 Å². The number of ether oxygens (including phenoxy) is 1. The first-order chi connectivity index (χ1) is 16.6. The molecule has 170 valence electrons. The number of carbonyl (C=O) groups is 1. The van der Waals surface area contributed by atoms with E-state index >= 15 is 4.39 Å². The lowest BCUT2D eigenvalue weighted by Crippen LogP contribution is -2.36. The number of nitrogens with one attached hydrogen (secondary N) is 1. The minimum atomic E-state index is -0.913. The van der Waals surface area contributed by atoms with Gasteiger partial charge in [-0.05, 0) is 24.3 Å². The number of hydrogen-bond donors (Lipinski definition) is 2. The zero-order valence-corrected chi connectivity index (χ0v) is 17.9. The van der Waals surface area contributed by atoms with Crippen LogP contribution in [-0.2, 0) is 9.53 Å². The molecule has 4 heterocycles. The van der Waals surface area contributed by atoms with Crippen LogP contribution in [0.1, 0.15) is 17.2 Å². The van der Waals surface area contributed by atoms with E-state index in [0.29, 0.717) is 41.3 Å². The van der Waals surface area contributed by atoms with Gasteiger partial charge in [0.15, 0.2) is 5.82 Å². The number of aromatic hydroxyl groups is 1. The van der Waals surface area contributed by atoms with E-state index in [4.69, 9.17) is 4.74 Å². The number of rotatable bonds is 3. The molecule has 1 unspecified atom stereocenters. The molecular formula is C24H19FN6O3. The third-order valence-electron chi connectivity index (χ3n) is 6.18. The molecule has 1 amide bonds. The van der Waals surface area contributed by atoms with Crippen molar-refractivity contribution in [1.82, 2.24) is 19.9 Å². The minimum Gasteiger partial charge on any atom is -0.508 e. The molecule has 6 rings (SSSR count). The van der Waals surface area contributed by atoms with E-state index in [1.165, 1.54) is 24.8 Å². The zero-order valence-electron chi connectivity index (χ0n) is 17.9. The third-order valence-corrected chi connectivity index (χ3v) is 6.18. The molecule has 2 N–H and O–H groups in total. The van der Waals surface area contributed by atoms with E-state index in [2.05, 4.69) is 30.2 Å². The quantitative estimate of drug-likeness (QED) is 0.482. The number of hydrogen-bond acceptors (Lipinski definition) is 8. The van der Waals surface area contributed by atoms with Crippen LogP contribution in [0.15, 0.2) is 49.1 Å². The Kier molecular flexibility index (Phi) is 4.80. The van der Waals surface area contributed by atoms with Crippen LogP contribution in [0.2, 0.25) is 0 Å². The largest absolute Gasteiger partial charge is 0.508 e. The molecule has 0 aliphatic carbocycles. The highest BCUT2D eigenvalue weighted by atomic mass is 19.1. The molecule has 9 nitrogen and oxygen atoms in total. The van der Waals surface area contributed by atoms with Crippen molar-refractivity contribution in [2.45, 2.75) is 5.92 Å². The Hall–Kier alpha value is -4.18. The second-order valence-corrected chi connectivity index (χ2v) is 8.13. The summed E-state index contributed by atoms with van der Waals surface area (Å²) in [5.74, 6) is -1.98. The van der Waals surface area contributed by atoms with E-state index in [9.17, 15) is 9.90 Å². The molecular weight excluding hydrogens is 439 g/mol. The summed E-state index contributed by atoms with van der Waals surface area (Å²) in [6.45, 7) is 2.90. The maximum atomic E-state index is 15.1. The first-order valence-corrected chi connectivity index (χ1v) is 10.8. The third kappa shape index (κ3) is 3.30. The Labute approximate surface area is 193 Å². The van der Waals surface area contributed by atoms with Crippen LogP contribution >= 0.6 is 0 Å². The fourth-order valence-corrected chi connectivity index (χ4v) is 4.53. The summed E-state index contributed by atoms with van der Waals surface area (Å²) in [5.41, 5.74) is 2.80. The molecule has 1 saturated heterocycles. The number of amides is 1. The molecule has 34 heavy (non-hydrogen) atoms. The van der Waals surface area contributed by atoms with Gasteiger partial charge in [0.05, 0.1) is 24.4 Å². The number of carbonyl (C=O) groups excluding carboxylic acids is 1. The smallest absolute Gasteiger partial charge is 0.239 e. The zero-order chi connectivity index (χ0) is 23.2. The van der Waals surface area contributed by atoms with Crippen LogP contribution in [0, 0.1) is 5.82 Å². The van der Waals surface area contributed by atoms with Crippen LogP contribution in [0.5, 0.6) is 5.75 Å². The molecule has 1 atom stereocenters. The van der Waals surface area contributed by atoms with Gasteiger partial charge in [0.25, 0.3) is 0 Å². The predicted molar refractivity (Wildman–Crippen MR) is 122 cm³/mol. The Morgan fingerprint density at radius 1 is 1.06 bits per heavy atom. The highest BCUT2D eigenvalue weighted by Crippen LogP contribution is 2.41. The van der Waals surface area contributed by atoms with Crippen molar-refractivity contribution in [3.63, 3.8) is 0 Å². The van der Waals surface area contributed by atoms with Crippen LogP contribution in [-0.4, -0.2) is 57.3 Å². The molecule has 0 bridgehead atoms. The molecule has 2 aliphatic rings. The molecule has 0 radical (unpaired) electrons. The van der Waals surface area contributed by atoms with Gasteiger partial charge in [0.2, 0.25) is 5.91 Å². The highest BCUT2D eigenvalue weighted by molar-refractivity contribution is 6.04. The Balaban J connectivity index is 1.46. The normalized spacial score (nSPS) is 17.6. The number of halogens is 1. The summed E-state index contributed by atoms with van der Waals surface area (Å²) in [4.78, 5) is 32.0. The second-order valence-electron chi connectivity index (χ2n) is 8.13. The van der Waals surface area contributed by atoms with Gasteiger partial charge in [-0.3, -0.25) is 9.78 Å². The molecule has 1 fully saturated rings.